The Morgan fingerprint density at radius 1 is 1.58 bits per heavy atom. The summed E-state index contributed by atoms with van der Waals surface area (Å²) in [6.07, 6.45) is 0. The molecule has 0 aromatic rings. The highest BCUT2D eigenvalue weighted by molar-refractivity contribution is 7.78. The van der Waals surface area contributed by atoms with Gasteiger partial charge in [0.05, 0.1) is 38.9 Å². The maximum absolute atomic E-state index is 4.49. The summed E-state index contributed by atoms with van der Waals surface area (Å²) in [6.45, 7) is 8.66. The van der Waals surface area contributed by atoms with Gasteiger partial charge in [-0.25, -0.2) is 4.99 Å². The molecular weight excluding hydrogens is 168 g/mol. The standard InChI is InChI=1S/C9H17N2S/c1-9(2)7-11(3,4)6-5-10-8-12/h1,5-7H2,2-4H3/q+1. The maximum Gasteiger partial charge on any atom is 0.0994 e. The zero-order valence-electron chi connectivity index (χ0n) is 8.13. The summed E-state index contributed by atoms with van der Waals surface area (Å²) in [6, 6.07) is 0. The Bertz CT molecular complexity index is 203. The molecule has 0 aromatic heterocycles. The molecule has 0 aromatic carbocycles. The fourth-order valence-corrected chi connectivity index (χ4v) is 1.27. The summed E-state index contributed by atoms with van der Waals surface area (Å²) < 4.78 is 0.913. The lowest BCUT2D eigenvalue weighted by Gasteiger charge is -2.28. The van der Waals surface area contributed by atoms with E-state index in [1.54, 1.807) is 0 Å². The van der Waals surface area contributed by atoms with Crippen LogP contribution in [0.3, 0.4) is 0 Å². The molecule has 68 valence electrons. The van der Waals surface area contributed by atoms with Crippen molar-refractivity contribution >= 4 is 17.4 Å². The number of hydrogen-bond donors (Lipinski definition) is 0. The van der Waals surface area contributed by atoms with Gasteiger partial charge in [0.1, 0.15) is 0 Å². The lowest BCUT2D eigenvalue weighted by molar-refractivity contribution is -0.884. The molecule has 0 aliphatic heterocycles. The first-order chi connectivity index (χ1) is 5.48. The van der Waals surface area contributed by atoms with Crippen LogP contribution in [0.2, 0.25) is 0 Å². The zero-order chi connectivity index (χ0) is 9.61. The topological polar surface area (TPSA) is 12.4 Å². The van der Waals surface area contributed by atoms with E-state index in [4.69, 9.17) is 0 Å². The summed E-state index contributed by atoms with van der Waals surface area (Å²) in [5.41, 5.74) is 1.20. The van der Waals surface area contributed by atoms with Gasteiger partial charge in [0, 0.05) is 0 Å². The Labute approximate surface area is 80.2 Å². The number of quaternary nitrogens is 1. The van der Waals surface area contributed by atoms with E-state index >= 15 is 0 Å². The molecule has 0 spiro atoms. The van der Waals surface area contributed by atoms with Gasteiger partial charge in [-0.15, -0.1) is 0 Å². The van der Waals surface area contributed by atoms with Crippen LogP contribution in [0.1, 0.15) is 6.92 Å². The van der Waals surface area contributed by atoms with Crippen LogP contribution in [-0.2, 0) is 0 Å². The molecule has 12 heavy (non-hydrogen) atoms. The van der Waals surface area contributed by atoms with Crippen molar-refractivity contribution in [1.82, 2.24) is 0 Å². The number of isothiocyanates is 1. The Morgan fingerprint density at radius 2 is 2.17 bits per heavy atom. The van der Waals surface area contributed by atoms with Gasteiger partial charge >= 0.3 is 0 Å². The Hall–Kier alpha value is -0.500. The van der Waals surface area contributed by atoms with Crippen LogP contribution in [0.5, 0.6) is 0 Å². The third-order valence-corrected chi connectivity index (χ3v) is 1.71. The van der Waals surface area contributed by atoms with Gasteiger partial charge in [0.2, 0.25) is 0 Å². The summed E-state index contributed by atoms with van der Waals surface area (Å²) >= 11 is 4.49. The molecule has 2 nitrogen and oxygen atoms in total. The van der Waals surface area contributed by atoms with Crippen molar-refractivity contribution in [3.05, 3.63) is 12.2 Å². The van der Waals surface area contributed by atoms with Crippen LogP contribution in [0, 0.1) is 0 Å². The molecule has 0 saturated carbocycles. The van der Waals surface area contributed by atoms with Crippen LogP contribution in [-0.4, -0.2) is 43.4 Å². The monoisotopic (exact) mass is 185 g/mol. The van der Waals surface area contributed by atoms with Crippen molar-refractivity contribution in [2.75, 3.05) is 33.7 Å². The highest BCUT2D eigenvalue weighted by Crippen LogP contribution is 2.01. The minimum atomic E-state index is 0.754. The molecule has 0 aliphatic carbocycles. The molecule has 0 unspecified atom stereocenters. The van der Waals surface area contributed by atoms with Crippen molar-refractivity contribution in [1.29, 1.82) is 0 Å². The van der Waals surface area contributed by atoms with E-state index in [0.717, 1.165) is 24.1 Å². The quantitative estimate of drug-likeness (QED) is 0.275. The second-order valence-corrected chi connectivity index (χ2v) is 3.93. The number of rotatable bonds is 5. The molecule has 0 fully saturated rings. The molecule has 0 atom stereocenters. The van der Waals surface area contributed by atoms with Crippen LogP contribution < -0.4 is 0 Å². The molecule has 0 radical (unpaired) electrons. The first-order valence-corrected chi connectivity index (χ1v) is 4.39. The van der Waals surface area contributed by atoms with Crippen LogP contribution in [0.15, 0.2) is 17.1 Å². The summed E-state index contributed by atoms with van der Waals surface area (Å²) in [7, 11) is 4.32. The smallest absolute Gasteiger partial charge is 0.0994 e. The molecule has 3 heteroatoms. The van der Waals surface area contributed by atoms with Gasteiger partial charge in [0.15, 0.2) is 0 Å². The van der Waals surface area contributed by atoms with Gasteiger partial charge in [-0.3, -0.25) is 0 Å². The summed E-state index contributed by atoms with van der Waals surface area (Å²) in [5.74, 6) is 0. The molecule has 0 saturated heterocycles. The zero-order valence-corrected chi connectivity index (χ0v) is 8.95. The van der Waals surface area contributed by atoms with Crippen molar-refractivity contribution in [3.8, 4) is 0 Å². The lowest BCUT2D eigenvalue weighted by atomic mass is 10.3. The Balaban J connectivity index is 3.86. The lowest BCUT2D eigenvalue weighted by Crippen LogP contribution is -2.42. The molecule has 0 amide bonds. The van der Waals surface area contributed by atoms with Gasteiger partial charge < -0.3 is 4.48 Å². The van der Waals surface area contributed by atoms with Crippen molar-refractivity contribution in [3.63, 3.8) is 0 Å². The van der Waals surface area contributed by atoms with Crippen molar-refractivity contribution < 1.29 is 4.48 Å². The minimum absolute atomic E-state index is 0.754. The average Bonchev–Trinajstić information content (AvgIpc) is 1.84. The highest BCUT2D eigenvalue weighted by Gasteiger charge is 2.13. The number of aliphatic imine (C=N–C) groups is 1. The predicted molar refractivity (Wildman–Crippen MR) is 56.5 cm³/mol. The molecule has 0 bridgehead atoms. The van der Waals surface area contributed by atoms with Gasteiger partial charge in [-0.1, -0.05) is 6.58 Å². The van der Waals surface area contributed by atoms with Crippen LogP contribution >= 0.6 is 12.2 Å². The Kier molecular flexibility index (Phi) is 4.98. The van der Waals surface area contributed by atoms with Crippen LogP contribution in [0.25, 0.3) is 0 Å². The second-order valence-electron chi connectivity index (χ2n) is 3.75. The number of thiocarbonyl (C=S) groups is 1. The first kappa shape index (κ1) is 11.5. The third kappa shape index (κ3) is 6.23. The van der Waals surface area contributed by atoms with E-state index in [9.17, 15) is 0 Å². The predicted octanol–water partition coefficient (Wildman–Crippen LogP) is 1.74. The van der Waals surface area contributed by atoms with Crippen molar-refractivity contribution in [2.24, 2.45) is 4.99 Å². The maximum atomic E-state index is 4.49. The molecule has 0 aliphatic rings. The van der Waals surface area contributed by atoms with Gasteiger partial charge in [-0.05, 0) is 24.7 Å². The van der Waals surface area contributed by atoms with E-state index in [1.165, 1.54) is 5.57 Å². The molecule has 0 N–H and O–H groups in total. The minimum Gasteiger partial charge on any atom is -0.323 e. The highest BCUT2D eigenvalue weighted by atomic mass is 32.1. The SMILES string of the molecule is C=C(C)C[N+](C)(C)CCN=C=S. The normalized spacial score (nSPS) is 10.6. The van der Waals surface area contributed by atoms with E-state index < -0.39 is 0 Å². The van der Waals surface area contributed by atoms with Crippen LogP contribution in [0.4, 0.5) is 0 Å². The third-order valence-electron chi connectivity index (χ3n) is 1.58. The van der Waals surface area contributed by atoms with Gasteiger partial charge in [0.25, 0.3) is 0 Å². The van der Waals surface area contributed by atoms with Crippen molar-refractivity contribution in [2.45, 2.75) is 6.92 Å². The fraction of sp³-hybridized carbons (Fsp3) is 0.667. The van der Waals surface area contributed by atoms with E-state index in [-0.39, 0.29) is 0 Å². The number of hydrogen-bond acceptors (Lipinski definition) is 2. The summed E-state index contributed by atoms with van der Waals surface area (Å²) in [5, 5.41) is 2.37. The van der Waals surface area contributed by atoms with E-state index in [1.807, 2.05) is 6.92 Å². The molecular formula is C9H17N2S+. The second kappa shape index (κ2) is 5.20. The average molecular weight is 185 g/mol. The van der Waals surface area contributed by atoms with E-state index in [2.05, 4.69) is 43.0 Å². The number of nitrogens with zero attached hydrogens (tertiary/aromatic N) is 2. The van der Waals surface area contributed by atoms with E-state index in [0.29, 0.717) is 0 Å². The van der Waals surface area contributed by atoms with Gasteiger partial charge in [-0.2, -0.15) is 0 Å². The number of likely N-dealkylation sites (N-methyl/N-ethyl adjacent to an activating group) is 1. The first-order valence-electron chi connectivity index (χ1n) is 3.98. The molecule has 0 heterocycles. The Morgan fingerprint density at radius 3 is 2.58 bits per heavy atom. The largest absolute Gasteiger partial charge is 0.323 e. The summed E-state index contributed by atoms with van der Waals surface area (Å²) in [4.78, 5) is 3.88. The molecule has 0 rings (SSSR count). The fourth-order valence-electron chi connectivity index (χ4n) is 1.18.